The molecule has 4 N–H and O–H groups in total. The van der Waals surface area contributed by atoms with E-state index in [1.54, 1.807) is 0 Å². The van der Waals surface area contributed by atoms with Crippen molar-refractivity contribution >= 4 is 56.4 Å². The average Bonchev–Trinajstić information content (AvgIpc) is 2.94. The minimum Gasteiger partial charge on any atom is -0.479 e. The summed E-state index contributed by atoms with van der Waals surface area (Å²) in [5.41, 5.74) is 3.55. The van der Waals surface area contributed by atoms with E-state index >= 15 is 0 Å². The van der Waals surface area contributed by atoms with E-state index in [0.29, 0.717) is 0 Å². The number of nitrogens with one attached hydrogen (secondary N) is 1. The summed E-state index contributed by atoms with van der Waals surface area (Å²) in [6, 6.07) is 8.64. The van der Waals surface area contributed by atoms with Crippen LogP contribution in [0.5, 0.6) is 0 Å². The molecule has 0 spiro atoms. The first-order valence-electron chi connectivity index (χ1n) is 8.33. The van der Waals surface area contributed by atoms with Crippen molar-refractivity contribution in [3.8, 4) is 0 Å². The lowest BCUT2D eigenvalue weighted by molar-refractivity contribution is -0.141. The van der Waals surface area contributed by atoms with Gasteiger partial charge in [0.05, 0.1) is 16.6 Å². The van der Waals surface area contributed by atoms with Crippen molar-refractivity contribution in [3.05, 3.63) is 74.7 Å². The zero-order valence-electron chi connectivity index (χ0n) is 15.4. The number of carbonyl (C=O) groups is 2. The van der Waals surface area contributed by atoms with Gasteiger partial charge in [-0.15, -0.1) is 0 Å². The molecule has 0 saturated heterocycles. The Hall–Kier alpha value is -2.88. The number of amides is 1. The Labute approximate surface area is 181 Å². The number of sulfonamides is 1. The van der Waals surface area contributed by atoms with Crippen molar-refractivity contribution in [2.45, 2.75) is 5.54 Å². The Morgan fingerprint density at radius 2 is 1.93 bits per heavy atom. The monoisotopic (exact) mass is 467 g/mol. The Morgan fingerprint density at radius 3 is 2.53 bits per heavy atom. The molecule has 1 atom stereocenters. The molecule has 2 aromatic carbocycles. The first kappa shape index (κ1) is 21.8. The molecular weight excluding hydrogens is 453 g/mol. The van der Waals surface area contributed by atoms with Crippen LogP contribution in [0.15, 0.2) is 53.5 Å². The summed E-state index contributed by atoms with van der Waals surface area (Å²) in [6.07, 6.45) is 3.21. The van der Waals surface area contributed by atoms with Crippen LogP contribution in [0.2, 0.25) is 10.0 Å². The zero-order chi connectivity index (χ0) is 22.3. The lowest BCUT2D eigenvalue weighted by Crippen LogP contribution is -2.35. The number of carbonyl (C=O) groups excluding carboxylic acids is 1. The Morgan fingerprint density at radius 1 is 1.23 bits per heavy atom. The van der Waals surface area contributed by atoms with E-state index in [2.05, 4.69) is 9.71 Å². The predicted molar refractivity (Wildman–Crippen MR) is 113 cm³/mol. The van der Waals surface area contributed by atoms with Gasteiger partial charge in [-0.2, -0.15) is 0 Å². The van der Waals surface area contributed by atoms with Gasteiger partial charge < -0.3 is 10.8 Å². The molecule has 0 bridgehead atoms. The molecule has 8 nitrogen and oxygen atoms in total. The van der Waals surface area contributed by atoms with Crippen LogP contribution in [-0.2, 0) is 25.2 Å². The van der Waals surface area contributed by atoms with Crippen molar-refractivity contribution in [1.82, 2.24) is 0 Å². The number of rotatable bonds is 6. The van der Waals surface area contributed by atoms with Crippen LogP contribution in [0, 0.1) is 0 Å². The number of benzene rings is 2. The molecule has 3 rings (SSSR count). The predicted octanol–water partition coefficient (Wildman–Crippen LogP) is 1.17. The highest BCUT2D eigenvalue weighted by atomic mass is 35.5. The maximum Gasteiger partial charge on any atom is 0.341 e. The SMILES string of the molecule is CS(=O)(=O)Nc1cccc(C2(C(=O)O)N=c3cc(Cl)cc(Cl)c3=C2C=CC(N)=O)c1. The molecule has 0 radical (unpaired) electrons. The third-order valence-corrected chi connectivity index (χ3v) is 5.41. The fraction of sp³-hybridized carbons (Fsp3) is 0.105. The first-order chi connectivity index (χ1) is 13.9. The highest BCUT2D eigenvalue weighted by molar-refractivity contribution is 7.92. The zero-order valence-corrected chi connectivity index (χ0v) is 17.7. The standard InChI is InChI=1S/C19H15Cl2N3O5S/c1-30(28,29)24-12-4-2-3-10(7-12)19(18(26)27)13(5-6-16(22)25)17-14(21)8-11(20)9-15(17)23-19/h2-9,24H,1H3,(H2,22,25)(H,26,27). The van der Waals surface area contributed by atoms with Crippen molar-refractivity contribution in [3.63, 3.8) is 0 Å². The number of nitrogens with two attached hydrogens (primary N) is 1. The smallest absolute Gasteiger partial charge is 0.341 e. The van der Waals surface area contributed by atoms with E-state index in [1.165, 1.54) is 42.5 Å². The molecule has 0 saturated carbocycles. The number of nitrogens with zero attached hydrogens (tertiary/aromatic N) is 1. The molecule has 1 aliphatic rings. The van der Waals surface area contributed by atoms with Gasteiger partial charge in [0.1, 0.15) is 0 Å². The molecule has 2 aromatic rings. The second-order valence-corrected chi connectivity index (χ2v) is 9.11. The number of halogens is 2. The average molecular weight is 468 g/mol. The maximum absolute atomic E-state index is 12.6. The third kappa shape index (κ3) is 4.04. The van der Waals surface area contributed by atoms with E-state index in [9.17, 15) is 23.1 Å². The number of hydrogen-bond acceptors (Lipinski definition) is 5. The number of fused-ring (bicyclic) bond motifs is 1. The number of carboxylic acids is 1. The van der Waals surface area contributed by atoms with Gasteiger partial charge in [0.2, 0.25) is 21.5 Å². The van der Waals surface area contributed by atoms with Crippen LogP contribution in [-0.4, -0.2) is 31.7 Å². The molecule has 1 unspecified atom stereocenters. The van der Waals surface area contributed by atoms with Crippen LogP contribution in [0.25, 0.3) is 5.57 Å². The van der Waals surface area contributed by atoms with Gasteiger partial charge in [0.25, 0.3) is 0 Å². The van der Waals surface area contributed by atoms with Crippen LogP contribution in [0.3, 0.4) is 0 Å². The fourth-order valence-electron chi connectivity index (χ4n) is 3.23. The van der Waals surface area contributed by atoms with Gasteiger partial charge in [0, 0.05) is 27.6 Å². The molecule has 30 heavy (non-hydrogen) atoms. The Balaban J connectivity index is 2.40. The molecule has 0 aromatic heterocycles. The van der Waals surface area contributed by atoms with Crippen molar-refractivity contribution in [1.29, 1.82) is 0 Å². The van der Waals surface area contributed by atoms with E-state index in [4.69, 9.17) is 28.9 Å². The fourth-order valence-corrected chi connectivity index (χ4v) is 4.37. The quantitative estimate of drug-likeness (QED) is 0.547. The van der Waals surface area contributed by atoms with E-state index in [1.807, 2.05) is 0 Å². The van der Waals surface area contributed by atoms with Crippen molar-refractivity contribution in [2.24, 2.45) is 10.7 Å². The van der Waals surface area contributed by atoms with Crippen molar-refractivity contribution < 1.29 is 23.1 Å². The molecule has 1 amide bonds. The number of hydrogen-bond donors (Lipinski definition) is 3. The lowest BCUT2D eigenvalue weighted by atomic mass is 9.82. The van der Waals surface area contributed by atoms with Crippen LogP contribution >= 0.6 is 23.2 Å². The second-order valence-electron chi connectivity index (χ2n) is 6.51. The molecule has 11 heteroatoms. The summed E-state index contributed by atoms with van der Waals surface area (Å²) in [5.74, 6) is -2.17. The van der Waals surface area contributed by atoms with E-state index in [0.717, 1.165) is 12.3 Å². The third-order valence-electron chi connectivity index (χ3n) is 4.29. The molecular formula is C19H15Cl2N3O5S. The number of anilines is 1. The Bertz CT molecular complexity index is 1340. The van der Waals surface area contributed by atoms with Gasteiger partial charge in [-0.25, -0.2) is 13.2 Å². The van der Waals surface area contributed by atoms with Crippen LogP contribution in [0.1, 0.15) is 5.56 Å². The summed E-state index contributed by atoms with van der Waals surface area (Å²) in [5, 5.41) is 11.1. The van der Waals surface area contributed by atoms with Gasteiger partial charge in [0.15, 0.2) is 0 Å². The molecule has 0 fully saturated rings. The van der Waals surface area contributed by atoms with Crippen LogP contribution in [0.4, 0.5) is 5.69 Å². The summed E-state index contributed by atoms with van der Waals surface area (Å²) < 4.78 is 25.5. The lowest BCUT2D eigenvalue weighted by Gasteiger charge is -2.25. The maximum atomic E-state index is 12.6. The number of aliphatic carboxylic acids is 1. The van der Waals surface area contributed by atoms with Gasteiger partial charge >= 0.3 is 5.97 Å². The number of primary amides is 1. The molecule has 1 heterocycles. The summed E-state index contributed by atoms with van der Waals surface area (Å²) in [6.45, 7) is 0. The Kier molecular flexibility index (Phi) is 5.64. The molecule has 1 aliphatic heterocycles. The normalized spacial score (nSPS) is 18.2. The summed E-state index contributed by atoms with van der Waals surface area (Å²) >= 11 is 12.4. The topological polar surface area (TPSA) is 139 Å². The largest absolute Gasteiger partial charge is 0.479 e. The summed E-state index contributed by atoms with van der Waals surface area (Å²) in [4.78, 5) is 28.3. The van der Waals surface area contributed by atoms with E-state index in [-0.39, 0.29) is 37.4 Å². The molecule has 0 aliphatic carbocycles. The van der Waals surface area contributed by atoms with E-state index < -0.39 is 27.4 Å². The second kappa shape index (κ2) is 7.75. The number of carboxylic acid groups (broad SMARTS) is 1. The minimum absolute atomic E-state index is 0.0852. The van der Waals surface area contributed by atoms with Crippen LogP contribution < -0.4 is 21.0 Å². The van der Waals surface area contributed by atoms with Gasteiger partial charge in [-0.3, -0.25) is 14.5 Å². The minimum atomic E-state index is -3.61. The highest BCUT2D eigenvalue weighted by Crippen LogP contribution is 2.38. The first-order valence-corrected chi connectivity index (χ1v) is 11.0. The molecule has 156 valence electrons. The highest BCUT2D eigenvalue weighted by Gasteiger charge is 2.46. The van der Waals surface area contributed by atoms with Gasteiger partial charge in [-0.05, 0) is 35.9 Å². The van der Waals surface area contributed by atoms with Crippen molar-refractivity contribution in [2.75, 3.05) is 11.0 Å². The van der Waals surface area contributed by atoms with Gasteiger partial charge in [-0.1, -0.05) is 35.3 Å². The summed E-state index contributed by atoms with van der Waals surface area (Å²) in [7, 11) is -3.61.